The Hall–Kier alpha value is -5.70. The fraction of sp³-hybridized carbons (Fsp3) is 0.478. The summed E-state index contributed by atoms with van der Waals surface area (Å²) in [6, 6.07) is 19.5. The van der Waals surface area contributed by atoms with Gasteiger partial charge in [0.2, 0.25) is 11.8 Å². The molecule has 3 saturated heterocycles. The normalized spacial score (nSPS) is 21.9. The van der Waals surface area contributed by atoms with Gasteiger partial charge in [0.25, 0.3) is 0 Å². The number of rotatable bonds is 10. The second-order valence-electron chi connectivity index (χ2n) is 18.6. The molecule has 5 aromatic rings. The van der Waals surface area contributed by atoms with Gasteiger partial charge in [0.15, 0.2) is 0 Å². The van der Waals surface area contributed by atoms with E-state index in [1.54, 1.807) is 0 Å². The summed E-state index contributed by atoms with van der Waals surface area (Å²) in [6.07, 6.45) is 3.10. The molecule has 322 valence electrons. The number of aromatic nitrogens is 4. The van der Waals surface area contributed by atoms with Gasteiger partial charge >= 0.3 is 12.2 Å². The Morgan fingerprint density at radius 3 is 2.11 bits per heavy atom. The van der Waals surface area contributed by atoms with Crippen molar-refractivity contribution in [1.29, 1.82) is 0 Å². The number of carbonyl (C=O) groups excluding carboxylic acids is 4. The number of aromatic amines is 2. The molecule has 3 fully saturated rings. The summed E-state index contributed by atoms with van der Waals surface area (Å²) in [5, 5.41) is 7.60. The first-order chi connectivity index (χ1) is 29.2. The third kappa shape index (κ3) is 8.11. The average Bonchev–Trinajstić information content (AvgIpc) is 4.09. The van der Waals surface area contributed by atoms with Gasteiger partial charge in [-0.15, -0.1) is 0 Å². The zero-order valence-corrected chi connectivity index (χ0v) is 37.4. The number of ether oxygens (including phenoxy) is 2. The molecule has 0 radical (unpaired) electrons. The van der Waals surface area contributed by atoms with Gasteiger partial charge in [-0.05, 0) is 77.3 Å². The average molecular weight is 847 g/mol. The van der Waals surface area contributed by atoms with Gasteiger partial charge in [0, 0.05) is 26.0 Å². The van der Waals surface area contributed by atoms with Crippen molar-refractivity contribution >= 4 is 53.9 Å². The van der Waals surface area contributed by atoms with Crippen LogP contribution in [0, 0.1) is 17.8 Å². The number of methoxy groups -OCH3 is 2. The van der Waals surface area contributed by atoms with E-state index in [9.17, 15) is 19.2 Å². The highest BCUT2D eigenvalue weighted by atomic mass is 28.3. The fourth-order valence-corrected chi connectivity index (χ4v) is 13.8. The first kappa shape index (κ1) is 42.0. The van der Waals surface area contributed by atoms with Gasteiger partial charge in [-0.2, -0.15) is 0 Å². The van der Waals surface area contributed by atoms with E-state index in [0.29, 0.717) is 12.5 Å². The van der Waals surface area contributed by atoms with E-state index >= 15 is 0 Å². The van der Waals surface area contributed by atoms with Crippen LogP contribution in [0.4, 0.5) is 9.59 Å². The lowest BCUT2D eigenvalue weighted by Crippen LogP contribution is -2.53. The quantitative estimate of drug-likeness (QED) is 0.102. The first-order valence-corrected chi connectivity index (χ1v) is 25.0. The van der Waals surface area contributed by atoms with E-state index in [0.717, 1.165) is 81.1 Å². The lowest BCUT2D eigenvalue weighted by atomic mass is 9.99. The van der Waals surface area contributed by atoms with E-state index < -0.39 is 32.3 Å². The van der Waals surface area contributed by atoms with Gasteiger partial charge in [0.1, 0.15) is 23.7 Å². The minimum atomic E-state index is -1.45. The number of hydrogen-bond donors (Lipinski definition) is 4. The maximum absolute atomic E-state index is 14.3. The molecule has 0 aliphatic carbocycles. The number of alkyl carbamates (subject to hydrolysis) is 2. The van der Waals surface area contributed by atoms with Gasteiger partial charge < -0.3 is 39.9 Å². The van der Waals surface area contributed by atoms with Crippen LogP contribution in [0.25, 0.3) is 44.2 Å². The van der Waals surface area contributed by atoms with E-state index in [1.165, 1.54) is 20.3 Å². The number of fused-ring (bicyclic) bond motifs is 4. The third-order valence-corrected chi connectivity index (χ3v) is 16.3. The van der Waals surface area contributed by atoms with Crippen LogP contribution in [0.3, 0.4) is 0 Å². The van der Waals surface area contributed by atoms with Crippen molar-refractivity contribution in [2.75, 3.05) is 20.8 Å². The van der Waals surface area contributed by atoms with Crippen molar-refractivity contribution in [3.63, 3.8) is 0 Å². The van der Waals surface area contributed by atoms with Crippen LogP contribution in [-0.4, -0.2) is 101 Å². The minimum absolute atomic E-state index is 0.0747. The fourth-order valence-electron chi connectivity index (χ4n) is 10.1. The van der Waals surface area contributed by atoms with E-state index in [2.05, 4.69) is 82.2 Å². The van der Waals surface area contributed by atoms with Crippen molar-refractivity contribution in [2.24, 2.45) is 17.8 Å². The number of likely N-dealkylation sites (tertiary alicyclic amines) is 2. The molecule has 6 atom stereocenters. The Labute approximate surface area is 357 Å². The van der Waals surface area contributed by atoms with E-state index in [4.69, 9.17) is 19.4 Å². The van der Waals surface area contributed by atoms with Crippen molar-refractivity contribution in [3.05, 3.63) is 72.4 Å². The Kier molecular flexibility index (Phi) is 11.5. The number of H-pyrrole nitrogens is 2. The highest BCUT2D eigenvalue weighted by molar-refractivity contribution is 6.78. The molecule has 4 amide bonds. The molecule has 4 unspecified atom stereocenters. The molecule has 5 heterocycles. The monoisotopic (exact) mass is 846 g/mol. The number of nitrogens with zero attached hydrogens (tertiary/aromatic N) is 4. The predicted octanol–water partition coefficient (Wildman–Crippen LogP) is 8.18. The molecule has 0 saturated carbocycles. The standard InChI is InChI=1S/C46H58N8O6Si/c1-25(2)38(51-45(57)59-5)43(55)53-19-9-10-35(53)42-48-33-18-16-30-20-29(15-17-32(30)40(33)50-42)27-11-13-28(14-12-27)34-22-47-41(49-34)36-21-31-23-61(7,8)24-37(31)54(36)44(56)39(26(3)4)52-46(58)60-6/h11-18,20,22,25-26,31,35-39H,9-10,19,21,23-24H2,1-8H3,(H,47,49)(H,48,50)(H,51,57)(H,52,58)/t31?,35-,36?,37?,38?,39-/m0/s1. The SMILES string of the molecule is COC(=O)NC(C(=O)N1CCC[C@H]1c1nc2c(ccc3cc(-c4ccc(-c5cnc(C6CC7C[Si](C)(C)CC7N6C(=O)[C@@H](NC(=O)OC)C(C)C)[nH]5)cc4)ccc32)[nH]1)C(C)C. The molecule has 4 N–H and O–H groups in total. The van der Waals surface area contributed by atoms with Crippen molar-refractivity contribution in [2.45, 2.75) is 102 Å². The predicted molar refractivity (Wildman–Crippen MR) is 237 cm³/mol. The van der Waals surface area contributed by atoms with Gasteiger partial charge in [0.05, 0.1) is 49.2 Å². The maximum Gasteiger partial charge on any atom is 0.407 e. The van der Waals surface area contributed by atoms with Crippen molar-refractivity contribution in [3.8, 4) is 22.4 Å². The summed E-state index contributed by atoms with van der Waals surface area (Å²) in [5.41, 5.74) is 5.77. The van der Waals surface area contributed by atoms with Crippen molar-refractivity contribution < 1.29 is 28.7 Å². The third-order valence-electron chi connectivity index (χ3n) is 13.2. The van der Waals surface area contributed by atoms with Crippen LogP contribution in [0.1, 0.15) is 70.7 Å². The molecule has 15 heteroatoms. The molecule has 3 aromatic carbocycles. The van der Waals surface area contributed by atoms with Crippen LogP contribution < -0.4 is 10.6 Å². The van der Waals surface area contributed by atoms with Crippen LogP contribution >= 0.6 is 0 Å². The molecule has 0 spiro atoms. The molecule has 2 aromatic heterocycles. The highest BCUT2D eigenvalue weighted by Gasteiger charge is 2.54. The summed E-state index contributed by atoms with van der Waals surface area (Å²) >= 11 is 0. The topological polar surface area (TPSA) is 175 Å². The number of amides is 4. The van der Waals surface area contributed by atoms with E-state index in [-0.39, 0.29) is 41.8 Å². The van der Waals surface area contributed by atoms with Crippen molar-refractivity contribution in [1.82, 2.24) is 40.4 Å². The van der Waals surface area contributed by atoms with Gasteiger partial charge in [-0.25, -0.2) is 19.6 Å². The summed E-state index contributed by atoms with van der Waals surface area (Å²) in [5.74, 6) is 1.49. The largest absolute Gasteiger partial charge is 0.453 e. The Morgan fingerprint density at radius 1 is 0.787 bits per heavy atom. The molecule has 3 aliphatic rings. The molecule has 0 bridgehead atoms. The summed E-state index contributed by atoms with van der Waals surface area (Å²) < 4.78 is 9.68. The Morgan fingerprint density at radius 2 is 1.44 bits per heavy atom. The minimum Gasteiger partial charge on any atom is -0.453 e. The van der Waals surface area contributed by atoms with Gasteiger partial charge in [-0.1, -0.05) is 89.3 Å². The highest BCUT2D eigenvalue weighted by Crippen LogP contribution is 2.51. The number of nitrogens with one attached hydrogen (secondary N) is 4. The lowest BCUT2D eigenvalue weighted by Gasteiger charge is -2.34. The second-order valence-corrected chi connectivity index (χ2v) is 23.7. The van der Waals surface area contributed by atoms with Crippen LogP contribution in [0.15, 0.2) is 60.8 Å². The number of carbonyl (C=O) groups is 4. The van der Waals surface area contributed by atoms with E-state index in [1.807, 2.05) is 49.8 Å². The Balaban J connectivity index is 1.01. The van der Waals surface area contributed by atoms with Crippen LogP contribution in [-0.2, 0) is 19.1 Å². The number of benzene rings is 3. The zero-order chi connectivity index (χ0) is 43.3. The lowest BCUT2D eigenvalue weighted by molar-refractivity contribution is -0.137. The summed E-state index contributed by atoms with van der Waals surface area (Å²) in [4.78, 5) is 73.3. The zero-order valence-electron chi connectivity index (χ0n) is 36.4. The summed E-state index contributed by atoms with van der Waals surface area (Å²) in [6.45, 7) is 13.1. The molecule has 14 nitrogen and oxygen atoms in total. The smallest absolute Gasteiger partial charge is 0.407 e. The van der Waals surface area contributed by atoms with Gasteiger partial charge in [-0.3, -0.25) is 9.59 Å². The maximum atomic E-state index is 14.3. The second kappa shape index (κ2) is 16.6. The molecule has 3 aliphatic heterocycles. The first-order valence-electron chi connectivity index (χ1n) is 21.6. The molecule has 8 rings (SSSR count). The van der Waals surface area contributed by atoms with Crippen LogP contribution in [0.2, 0.25) is 25.2 Å². The number of imidazole rings is 2. The molecular weight excluding hydrogens is 789 g/mol. The molecule has 61 heavy (non-hydrogen) atoms. The number of hydrogen-bond acceptors (Lipinski definition) is 8. The molecular formula is C46H58N8O6Si. The van der Waals surface area contributed by atoms with Crippen LogP contribution in [0.5, 0.6) is 0 Å². The summed E-state index contributed by atoms with van der Waals surface area (Å²) in [7, 11) is 1.16. The Bertz CT molecular complexity index is 2460.